The molecule has 1 unspecified atom stereocenters. The summed E-state index contributed by atoms with van der Waals surface area (Å²) >= 11 is 5.55. The predicted molar refractivity (Wildman–Crippen MR) is 61.0 cm³/mol. The van der Waals surface area contributed by atoms with Crippen molar-refractivity contribution in [2.45, 2.75) is 10.4 Å². The summed E-state index contributed by atoms with van der Waals surface area (Å²) in [7, 11) is -3.04. The van der Waals surface area contributed by atoms with Crippen LogP contribution in [0.15, 0.2) is 23.4 Å². The fourth-order valence-corrected chi connectivity index (χ4v) is 2.34. The van der Waals surface area contributed by atoms with E-state index >= 15 is 0 Å². The van der Waals surface area contributed by atoms with Crippen LogP contribution >= 0.6 is 11.6 Å². The largest absolute Gasteiger partial charge is 0.468 e. The topological polar surface area (TPSA) is 85.4 Å². The number of hydrogen-bond acceptors (Lipinski definition) is 5. The highest BCUT2D eigenvalue weighted by atomic mass is 35.5. The molecule has 0 bridgehead atoms. The van der Waals surface area contributed by atoms with Crippen molar-refractivity contribution in [3.05, 3.63) is 24.1 Å². The highest BCUT2D eigenvalue weighted by Gasteiger charge is 2.23. The van der Waals surface area contributed by atoms with Crippen LogP contribution in [0, 0.1) is 5.82 Å². The highest BCUT2D eigenvalue weighted by molar-refractivity contribution is 7.89. The van der Waals surface area contributed by atoms with Gasteiger partial charge in [0.1, 0.15) is 5.38 Å². The van der Waals surface area contributed by atoms with Crippen LogP contribution in [-0.4, -0.2) is 38.4 Å². The SMILES string of the molecule is COC(=O)C(Cl)CNS(=O)(=O)c1ncccc1F. The van der Waals surface area contributed by atoms with Gasteiger partial charge in [-0.1, -0.05) is 0 Å². The van der Waals surface area contributed by atoms with Crippen molar-refractivity contribution in [2.24, 2.45) is 0 Å². The molecule has 1 aromatic heterocycles. The zero-order chi connectivity index (χ0) is 13.8. The van der Waals surface area contributed by atoms with Gasteiger partial charge in [0.25, 0.3) is 10.0 Å². The van der Waals surface area contributed by atoms with E-state index in [1.807, 2.05) is 4.72 Å². The Bertz CT molecular complexity index is 537. The zero-order valence-corrected chi connectivity index (χ0v) is 10.8. The maximum Gasteiger partial charge on any atom is 0.325 e. The number of methoxy groups -OCH3 is 1. The number of nitrogens with one attached hydrogen (secondary N) is 1. The minimum atomic E-state index is -4.16. The average molecular weight is 297 g/mol. The molecular weight excluding hydrogens is 287 g/mol. The third kappa shape index (κ3) is 3.62. The molecule has 6 nitrogen and oxygen atoms in total. The minimum absolute atomic E-state index is 0.424. The van der Waals surface area contributed by atoms with Gasteiger partial charge in [0.15, 0.2) is 5.82 Å². The lowest BCUT2D eigenvalue weighted by atomic mass is 10.4. The molecule has 0 aliphatic rings. The van der Waals surface area contributed by atoms with Crippen LogP contribution < -0.4 is 4.72 Å². The molecule has 0 fully saturated rings. The first-order chi connectivity index (χ1) is 8.38. The van der Waals surface area contributed by atoms with Crippen molar-refractivity contribution in [3.63, 3.8) is 0 Å². The molecule has 0 radical (unpaired) electrons. The van der Waals surface area contributed by atoms with Crippen molar-refractivity contribution >= 4 is 27.6 Å². The second kappa shape index (κ2) is 6.07. The first kappa shape index (κ1) is 14.8. The molecule has 0 saturated heterocycles. The lowest BCUT2D eigenvalue weighted by Crippen LogP contribution is -2.35. The summed E-state index contributed by atoms with van der Waals surface area (Å²) in [6.45, 7) is -0.424. The van der Waals surface area contributed by atoms with Crippen molar-refractivity contribution in [3.8, 4) is 0 Å². The molecule has 1 rings (SSSR count). The standard InChI is InChI=1S/C9H10ClFN2O4S/c1-17-9(14)6(10)5-13-18(15,16)8-7(11)3-2-4-12-8/h2-4,6,13H,5H2,1H3. The number of halogens is 2. The Morgan fingerprint density at radius 1 is 1.67 bits per heavy atom. The van der Waals surface area contributed by atoms with Gasteiger partial charge in [0.05, 0.1) is 7.11 Å². The molecule has 1 aromatic rings. The number of sulfonamides is 1. The van der Waals surface area contributed by atoms with Crippen LogP contribution in [0.3, 0.4) is 0 Å². The summed E-state index contributed by atoms with van der Waals surface area (Å²) in [4.78, 5) is 14.4. The molecular formula is C9H10ClFN2O4S. The van der Waals surface area contributed by atoms with E-state index in [-0.39, 0.29) is 0 Å². The van der Waals surface area contributed by atoms with Gasteiger partial charge >= 0.3 is 5.97 Å². The Morgan fingerprint density at radius 2 is 2.33 bits per heavy atom. The van der Waals surface area contributed by atoms with E-state index < -0.39 is 38.8 Å². The Hall–Kier alpha value is -1.25. The summed E-state index contributed by atoms with van der Waals surface area (Å²) in [5.74, 6) is -1.78. The number of rotatable bonds is 5. The third-order valence-electron chi connectivity index (χ3n) is 1.89. The molecule has 0 amide bonds. The monoisotopic (exact) mass is 296 g/mol. The van der Waals surface area contributed by atoms with E-state index in [0.29, 0.717) is 0 Å². The number of pyridine rings is 1. The maximum atomic E-state index is 13.2. The van der Waals surface area contributed by atoms with Crippen LogP contribution in [0.25, 0.3) is 0 Å². The summed E-state index contributed by atoms with van der Waals surface area (Å²) < 4.78 is 42.8. The van der Waals surface area contributed by atoms with Crippen LogP contribution in [0.1, 0.15) is 0 Å². The summed E-state index contributed by atoms with van der Waals surface area (Å²) in [5.41, 5.74) is 0. The first-order valence-electron chi connectivity index (χ1n) is 4.70. The van der Waals surface area contributed by atoms with Gasteiger partial charge in [0, 0.05) is 12.7 Å². The Morgan fingerprint density at radius 3 is 2.89 bits per heavy atom. The second-order valence-corrected chi connectivity index (χ2v) is 5.34. The number of esters is 1. The Labute approximate surface area is 108 Å². The Kier molecular flexibility index (Phi) is 5.00. The minimum Gasteiger partial charge on any atom is -0.468 e. The Balaban J connectivity index is 2.78. The molecule has 0 saturated carbocycles. The van der Waals surface area contributed by atoms with Crippen molar-refractivity contribution in [1.29, 1.82) is 0 Å². The molecule has 0 aromatic carbocycles. The second-order valence-electron chi connectivity index (χ2n) is 3.13. The highest BCUT2D eigenvalue weighted by Crippen LogP contribution is 2.10. The van der Waals surface area contributed by atoms with E-state index in [1.165, 1.54) is 6.07 Å². The quantitative estimate of drug-likeness (QED) is 0.623. The van der Waals surface area contributed by atoms with Gasteiger partial charge in [-0.05, 0) is 12.1 Å². The number of carbonyl (C=O) groups is 1. The lowest BCUT2D eigenvalue weighted by molar-refractivity contribution is -0.140. The van der Waals surface area contributed by atoms with Gasteiger partial charge in [0.2, 0.25) is 5.03 Å². The van der Waals surface area contributed by atoms with Crippen molar-refractivity contribution in [1.82, 2.24) is 9.71 Å². The normalized spacial score (nSPS) is 13.1. The van der Waals surface area contributed by atoms with Gasteiger partial charge < -0.3 is 4.74 Å². The third-order valence-corrected chi connectivity index (χ3v) is 3.58. The number of nitrogens with zero attached hydrogens (tertiary/aromatic N) is 1. The summed E-state index contributed by atoms with van der Waals surface area (Å²) in [5, 5.41) is -1.95. The fourth-order valence-electron chi connectivity index (χ4n) is 1.03. The molecule has 100 valence electrons. The van der Waals surface area contributed by atoms with Crippen molar-refractivity contribution < 1.29 is 22.3 Å². The molecule has 9 heteroatoms. The lowest BCUT2D eigenvalue weighted by Gasteiger charge is -2.09. The van der Waals surface area contributed by atoms with Crippen LogP contribution in [-0.2, 0) is 19.6 Å². The van der Waals surface area contributed by atoms with Gasteiger partial charge in [-0.2, -0.15) is 0 Å². The smallest absolute Gasteiger partial charge is 0.325 e. The van der Waals surface area contributed by atoms with E-state index in [1.54, 1.807) is 0 Å². The maximum absolute atomic E-state index is 13.2. The number of aromatic nitrogens is 1. The van der Waals surface area contributed by atoms with Crippen molar-refractivity contribution in [2.75, 3.05) is 13.7 Å². The molecule has 0 spiro atoms. The average Bonchev–Trinajstić information content (AvgIpc) is 2.35. The first-order valence-corrected chi connectivity index (χ1v) is 6.62. The van der Waals surface area contributed by atoms with Crippen LogP contribution in [0.2, 0.25) is 0 Å². The van der Waals surface area contributed by atoms with E-state index in [2.05, 4.69) is 9.72 Å². The fraction of sp³-hybridized carbons (Fsp3) is 0.333. The predicted octanol–water partition coefficient (Wildman–Crippen LogP) is 0.279. The van der Waals surface area contributed by atoms with E-state index in [9.17, 15) is 17.6 Å². The van der Waals surface area contributed by atoms with Gasteiger partial charge in [-0.3, -0.25) is 4.79 Å². The number of alkyl halides is 1. The molecule has 1 N–H and O–H groups in total. The molecule has 0 aliphatic heterocycles. The number of hydrogen-bond donors (Lipinski definition) is 1. The van der Waals surface area contributed by atoms with Gasteiger partial charge in [-0.15, -0.1) is 11.6 Å². The summed E-state index contributed by atoms with van der Waals surface area (Å²) in [6, 6.07) is 2.22. The summed E-state index contributed by atoms with van der Waals surface area (Å²) in [6.07, 6.45) is 1.14. The van der Waals surface area contributed by atoms with Crippen LogP contribution in [0.5, 0.6) is 0 Å². The van der Waals surface area contributed by atoms with Crippen LogP contribution in [0.4, 0.5) is 4.39 Å². The molecule has 18 heavy (non-hydrogen) atoms. The molecule has 1 atom stereocenters. The van der Waals surface area contributed by atoms with Gasteiger partial charge in [-0.25, -0.2) is 22.5 Å². The van der Waals surface area contributed by atoms with E-state index in [4.69, 9.17) is 11.6 Å². The number of carbonyl (C=O) groups excluding carboxylic acids is 1. The zero-order valence-electron chi connectivity index (χ0n) is 9.26. The molecule has 1 heterocycles. The number of ether oxygens (including phenoxy) is 1. The molecule has 0 aliphatic carbocycles. The van der Waals surface area contributed by atoms with E-state index in [0.717, 1.165) is 19.4 Å².